The molecule has 0 aromatic carbocycles. The van der Waals surface area contributed by atoms with Crippen LogP contribution in [0.15, 0.2) is 10.8 Å². The summed E-state index contributed by atoms with van der Waals surface area (Å²) in [7, 11) is 1.74. The second-order valence-corrected chi connectivity index (χ2v) is 5.59. The zero-order chi connectivity index (χ0) is 13.0. The molecule has 0 aliphatic carbocycles. The first kappa shape index (κ1) is 11.4. The molecule has 0 N–H and O–H groups in total. The van der Waals surface area contributed by atoms with Crippen LogP contribution in [0, 0.1) is 0 Å². The molecule has 2 aliphatic rings. The van der Waals surface area contributed by atoms with Crippen LogP contribution in [0.5, 0.6) is 0 Å². The molecule has 6 nitrogen and oxygen atoms in total. The number of carbonyl (C=O) groups excluding carboxylic acids is 3. The van der Waals surface area contributed by atoms with Gasteiger partial charge in [-0.3, -0.25) is 14.4 Å². The molecule has 1 aromatic heterocycles. The van der Waals surface area contributed by atoms with E-state index >= 15 is 0 Å². The van der Waals surface area contributed by atoms with Gasteiger partial charge in [0.2, 0.25) is 0 Å². The zero-order valence-electron chi connectivity index (χ0n) is 9.62. The minimum absolute atomic E-state index is 0.0647. The van der Waals surface area contributed by atoms with Crippen molar-refractivity contribution >= 4 is 41.7 Å². The van der Waals surface area contributed by atoms with Crippen LogP contribution >= 0.6 is 11.3 Å². The molecular formula is C10H10BNO5S. The summed E-state index contributed by atoms with van der Waals surface area (Å²) >= 11 is 1.31. The van der Waals surface area contributed by atoms with Crippen molar-refractivity contribution in [3.05, 3.63) is 16.3 Å². The van der Waals surface area contributed by atoms with Gasteiger partial charge >= 0.3 is 18.6 Å². The van der Waals surface area contributed by atoms with Crippen LogP contribution < -0.4 is 5.46 Å². The van der Waals surface area contributed by atoms with Gasteiger partial charge in [0.05, 0.1) is 0 Å². The second kappa shape index (κ2) is 3.42. The van der Waals surface area contributed by atoms with Crippen molar-refractivity contribution in [2.75, 3.05) is 20.1 Å². The molecule has 2 fully saturated rings. The highest BCUT2D eigenvalue weighted by molar-refractivity contribution is 7.10. The molecule has 0 amide bonds. The number of carbonyl (C=O) groups is 3. The molecule has 3 rings (SSSR count). The smallest absolute Gasteiger partial charge is 0.596 e. The lowest BCUT2D eigenvalue weighted by molar-refractivity contribution is -0.791. The number of nitrogens with zero attached hydrogens (tertiary/aromatic N) is 1. The molecule has 3 heterocycles. The first-order valence-electron chi connectivity index (χ1n) is 5.44. The third-order valence-corrected chi connectivity index (χ3v) is 4.41. The predicted molar refractivity (Wildman–Crippen MR) is 63.2 cm³/mol. The fourth-order valence-electron chi connectivity index (χ4n) is 2.77. The SMILES string of the molecule is C[N+]12CC(=O)O[B-]1(c1cscc1C=O)OC(=O)C2. The highest BCUT2D eigenvalue weighted by atomic mass is 32.1. The Labute approximate surface area is 107 Å². The summed E-state index contributed by atoms with van der Waals surface area (Å²) in [6.45, 7) is -2.10. The summed E-state index contributed by atoms with van der Waals surface area (Å²) in [5.74, 6) is -0.818. The maximum atomic E-state index is 11.6. The Balaban J connectivity index is 2.20. The molecule has 2 saturated heterocycles. The van der Waals surface area contributed by atoms with Gasteiger partial charge in [0, 0.05) is 12.6 Å². The van der Waals surface area contributed by atoms with Crippen LogP contribution in [0.3, 0.4) is 0 Å². The Bertz CT molecular complexity index is 548. The van der Waals surface area contributed by atoms with Gasteiger partial charge in [-0.05, 0) is 16.2 Å². The number of rotatable bonds is 2. The van der Waals surface area contributed by atoms with Gasteiger partial charge in [-0.25, -0.2) is 0 Å². The third kappa shape index (κ3) is 1.24. The van der Waals surface area contributed by atoms with Crippen molar-refractivity contribution in [1.29, 1.82) is 0 Å². The number of hydrogen-bond donors (Lipinski definition) is 0. The largest absolute Gasteiger partial charge is 0.616 e. The molecule has 94 valence electrons. The fourth-order valence-corrected chi connectivity index (χ4v) is 3.63. The number of fused-ring (bicyclic) bond motifs is 1. The molecule has 0 atom stereocenters. The lowest BCUT2D eigenvalue weighted by Crippen LogP contribution is -2.67. The van der Waals surface area contributed by atoms with Crippen LogP contribution in [-0.4, -0.2) is 49.4 Å². The van der Waals surface area contributed by atoms with Gasteiger partial charge in [-0.15, -0.1) is 0 Å². The lowest BCUT2D eigenvalue weighted by Gasteiger charge is -2.39. The summed E-state index contributed by atoms with van der Waals surface area (Å²) in [6.07, 6.45) is 0.686. The number of hydrogen-bond acceptors (Lipinski definition) is 6. The van der Waals surface area contributed by atoms with Crippen molar-refractivity contribution in [1.82, 2.24) is 0 Å². The van der Waals surface area contributed by atoms with Gasteiger partial charge in [-0.2, -0.15) is 11.3 Å². The second-order valence-electron chi connectivity index (χ2n) is 4.85. The molecule has 0 unspecified atom stereocenters. The number of aldehydes is 1. The molecule has 1 aromatic rings. The van der Waals surface area contributed by atoms with E-state index < -0.39 is 18.6 Å². The Morgan fingerprint density at radius 1 is 1.28 bits per heavy atom. The Morgan fingerprint density at radius 2 is 1.89 bits per heavy atom. The van der Waals surface area contributed by atoms with Gasteiger partial charge in [0.1, 0.15) is 19.4 Å². The molecule has 0 bridgehead atoms. The van der Waals surface area contributed by atoms with Gasteiger partial charge < -0.3 is 13.7 Å². The number of quaternary nitrogens is 1. The van der Waals surface area contributed by atoms with E-state index in [-0.39, 0.29) is 17.5 Å². The van der Waals surface area contributed by atoms with E-state index in [9.17, 15) is 14.4 Å². The Hall–Kier alpha value is -1.67. The van der Waals surface area contributed by atoms with Crippen LogP contribution in [-0.2, 0) is 18.9 Å². The van der Waals surface area contributed by atoms with E-state index in [0.29, 0.717) is 17.3 Å². The van der Waals surface area contributed by atoms with Crippen molar-refractivity contribution in [3.8, 4) is 0 Å². The van der Waals surface area contributed by atoms with Crippen molar-refractivity contribution in [3.63, 3.8) is 0 Å². The van der Waals surface area contributed by atoms with E-state index in [1.165, 1.54) is 11.3 Å². The Morgan fingerprint density at radius 3 is 2.44 bits per heavy atom. The summed E-state index contributed by atoms with van der Waals surface area (Å²) in [6, 6.07) is 0. The monoisotopic (exact) mass is 267 g/mol. The summed E-state index contributed by atoms with van der Waals surface area (Å²) in [5.41, 5.74) is 0.919. The number of likely N-dealkylation sites (N-methyl/N-ethyl adjacent to an activating group) is 1. The van der Waals surface area contributed by atoms with E-state index in [0.717, 1.165) is 0 Å². The molecule has 0 radical (unpaired) electrons. The maximum Gasteiger partial charge on any atom is 0.616 e. The normalized spacial score (nSPS) is 34.1. The first-order chi connectivity index (χ1) is 8.51. The topological polar surface area (TPSA) is 69.7 Å². The molecule has 2 aliphatic heterocycles. The Kier molecular flexibility index (Phi) is 2.17. The quantitative estimate of drug-likeness (QED) is 0.521. The van der Waals surface area contributed by atoms with Crippen LogP contribution in [0.2, 0.25) is 0 Å². The van der Waals surface area contributed by atoms with Crippen LogP contribution in [0.25, 0.3) is 0 Å². The summed E-state index contributed by atoms with van der Waals surface area (Å²) < 4.78 is 10.7. The first-order valence-corrected chi connectivity index (χ1v) is 6.39. The summed E-state index contributed by atoms with van der Waals surface area (Å²) in [4.78, 5) is 34.2. The summed E-state index contributed by atoms with van der Waals surface area (Å²) in [5, 5.41) is 3.36. The van der Waals surface area contributed by atoms with Crippen molar-refractivity contribution < 1.29 is 28.1 Å². The molecule has 8 heteroatoms. The molecule has 0 saturated carbocycles. The van der Waals surface area contributed by atoms with Gasteiger partial charge in [0.15, 0.2) is 0 Å². The minimum Gasteiger partial charge on any atom is -0.596 e. The van der Waals surface area contributed by atoms with Gasteiger partial charge in [-0.1, -0.05) is 0 Å². The van der Waals surface area contributed by atoms with Crippen molar-refractivity contribution in [2.24, 2.45) is 0 Å². The van der Waals surface area contributed by atoms with E-state index in [1.54, 1.807) is 17.8 Å². The zero-order valence-corrected chi connectivity index (χ0v) is 10.4. The molecular weight excluding hydrogens is 257 g/mol. The van der Waals surface area contributed by atoms with Crippen LogP contribution in [0.1, 0.15) is 10.4 Å². The average Bonchev–Trinajstić information content (AvgIpc) is 2.87. The average molecular weight is 267 g/mol. The maximum absolute atomic E-state index is 11.6. The highest BCUT2D eigenvalue weighted by Gasteiger charge is 2.66. The number of thiophene rings is 1. The third-order valence-electron chi connectivity index (χ3n) is 3.63. The van der Waals surface area contributed by atoms with Gasteiger partial charge in [0.25, 0.3) is 0 Å². The fraction of sp³-hybridized carbons (Fsp3) is 0.300. The van der Waals surface area contributed by atoms with Crippen molar-refractivity contribution in [2.45, 2.75) is 0 Å². The van der Waals surface area contributed by atoms with E-state index in [1.807, 2.05) is 0 Å². The lowest BCUT2D eigenvalue weighted by atomic mass is 9.61. The standard InChI is InChI=1S/C10H10BNO5S/c1-12-2-9(14)16-11(12,17-10(15)3-12)8-6-18-5-7(8)4-13/h4-6H,2-3H2,1H3. The molecule has 0 spiro atoms. The van der Waals surface area contributed by atoms with E-state index in [2.05, 4.69) is 0 Å². The highest BCUT2D eigenvalue weighted by Crippen LogP contribution is 2.34. The molecule has 18 heavy (non-hydrogen) atoms. The minimum atomic E-state index is -2.26. The van der Waals surface area contributed by atoms with E-state index in [4.69, 9.17) is 9.31 Å². The van der Waals surface area contributed by atoms with Crippen LogP contribution in [0.4, 0.5) is 0 Å². The predicted octanol–water partition coefficient (Wildman–Crippen LogP) is -0.733.